The van der Waals surface area contributed by atoms with Crippen molar-refractivity contribution in [3.05, 3.63) is 22.4 Å². The van der Waals surface area contributed by atoms with Gasteiger partial charge in [0.25, 0.3) is 0 Å². The highest BCUT2D eigenvalue weighted by Crippen LogP contribution is 2.18. The van der Waals surface area contributed by atoms with Gasteiger partial charge in [0.1, 0.15) is 0 Å². The van der Waals surface area contributed by atoms with Gasteiger partial charge in [-0.05, 0) is 34.2 Å². The fraction of sp³-hybridized carbons (Fsp3) is 0. The number of thiocarbonyl (C=S) groups is 1. The second kappa shape index (κ2) is 2.87. The molecule has 1 N–H and O–H groups in total. The zero-order chi connectivity index (χ0) is 8.55. The number of hydrogen-bond donors (Lipinski definition) is 1. The lowest BCUT2D eigenvalue weighted by Gasteiger charge is -1.90. The quantitative estimate of drug-likeness (QED) is 0.755. The molecule has 0 saturated heterocycles. The van der Waals surface area contributed by atoms with Gasteiger partial charge in [0.15, 0.2) is 0 Å². The molecule has 1 aromatic rings. The van der Waals surface area contributed by atoms with Crippen LogP contribution in [0, 0.1) is 0 Å². The van der Waals surface area contributed by atoms with Gasteiger partial charge in [0, 0.05) is 10.7 Å². The van der Waals surface area contributed by atoms with Crippen molar-refractivity contribution < 1.29 is 0 Å². The molecule has 1 aromatic heterocycles. The topological polar surface area (TPSA) is 52.9 Å². The van der Waals surface area contributed by atoms with Gasteiger partial charge in [-0.15, -0.1) is 10.2 Å². The standard InChI is InChI=1S/C6H3BrN4S/c7-3-1-2-8-4(3)5-9-6(12)11-10-5/h1-2,8H. The normalized spacial score (nSPS) is 15.4. The largest absolute Gasteiger partial charge is 0.358 e. The van der Waals surface area contributed by atoms with E-state index in [0.29, 0.717) is 5.84 Å². The Kier molecular flexibility index (Phi) is 1.86. The van der Waals surface area contributed by atoms with E-state index < -0.39 is 0 Å². The van der Waals surface area contributed by atoms with E-state index in [9.17, 15) is 0 Å². The van der Waals surface area contributed by atoms with Gasteiger partial charge in [-0.25, -0.2) is 0 Å². The van der Waals surface area contributed by atoms with Crippen LogP contribution in [-0.2, 0) is 0 Å². The summed E-state index contributed by atoms with van der Waals surface area (Å²) in [6, 6.07) is 1.87. The Labute approximate surface area is 81.9 Å². The highest BCUT2D eigenvalue weighted by atomic mass is 79.9. The Balaban J connectivity index is 2.45. The van der Waals surface area contributed by atoms with Crippen LogP contribution in [0.2, 0.25) is 0 Å². The molecule has 0 atom stereocenters. The maximum absolute atomic E-state index is 4.74. The van der Waals surface area contributed by atoms with Crippen LogP contribution in [0.4, 0.5) is 0 Å². The molecular weight excluding hydrogens is 240 g/mol. The van der Waals surface area contributed by atoms with Crippen molar-refractivity contribution in [1.82, 2.24) is 4.98 Å². The highest BCUT2D eigenvalue weighted by molar-refractivity contribution is 9.10. The minimum Gasteiger partial charge on any atom is -0.358 e. The molecule has 0 unspecified atom stereocenters. The van der Waals surface area contributed by atoms with Gasteiger partial charge in [-0.1, -0.05) is 0 Å². The van der Waals surface area contributed by atoms with E-state index in [1.165, 1.54) is 0 Å². The highest BCUT2D eigenvalue weighted by Gasteiger charge is 2.13. The van der Waals surface area contributed by atoms with Crippen LogP contribution < -0.4 is 0 Å². The van der Waals surface area contributed by atoms with Gasteiger partial charge in [0.2, 0.25) is 10.9 Å². The number of aromatic nitrogens is 1. The molecule has 1 aliphatic heterocycles. The maximum atomic E-state index is 4.74. The molecule has 2 rings (SSSR count). The molecule has 2 heterocycles. The third-order valence-electron chi connectivity index (χ3n) is 1.35. The fourth-order valence-corrected chi connectivity index (χ4v) is 1.40. The van der Waals surface area contributed by atoms with Gasteiger partial charge in [-0.3, -0.25) is 0 Å². The van der Waals surface area contributed by atoms with E-state index >= 15 is 0 Å². The summed E-state index contributed by atoms with van der Waals surface area (Å²) >= 11 is 8.08. The first-order chi connectivity index (χ1) is 5.77. The average molecular weight is 243 g/mol. The molecule has 0 fully saturated rings. The molecule has 0 saturated carbocycles. The summed E-state index contributed by atoms with van der Waals surface area (Å²) in [5.74, 6) is 0.525. The Morgan fingerprint density at radius 3 is 2.75 bits per heavy atom. The summed E-state index contributed by atoms with van der Waals surface area (Å²) in [5.41, 5.74) is 0.804. The SMILES string of the molecule is S=C1N=NC(c2[nH]ccc2Br)=N1. The minimum absolute atomic E-state index is 0.270. The van der Waals surface area contributed by atoms with Crippen molar-refractivity contribution in [3.8, 4) is 0 Å². The monoisotopic (exact) mass is 242 g/mol. The Morgan fingerprint density at radius 2 is 2.25 bits per heavy atom. The predicted molar refractivity (Wildman–Crippen MR) is 52.5 cm³/mol. The number of amidine groups is 1. The zero-order valence-electron chi connectivity index (χ0n) is 5.78. The number of nitrogens with one attached hydrogen (secondary N) is 1. The Bertz CT molecular complexity index is 392. The van der Waals surface area contributed by atoms with E-state index in [0.717, 1.165) is 10.2 Å². The molecule has 0 aromatic carbocycles. The number of halogens is 1. The number of nitrogens with zero attached hydrogens (tertiary/aromatic N) is 3. The molecule has 12 heavy (non-hydrogen) atoms. The van der Waals surface area contributed by atoms with Crippen molar-refractivity contribution in [3.63, 3.8) is 0 Å². The van der Waals surface area contributed by atoms with E-state index in [4.69, 9.17) is 12.2 Å². The van der Waals surface area contributed by atoms with Crippen molar-refractivity contribution in [2.24, 2.45) is 15.2 Å². The smallest absolute Gasteiger partial charge is 0.242 e. The summed E-state index contributed by atoms with van der Waals surface area (Å²) < 4.78 is 0.907. The maximum Gasteiger partial charge on any atom is 0.242 e. The number of azo groups is 1. The fourth-order valence-electron chi connectivity index (χ4n) is 0.853. The van der Waals surface area contributed by atoms with Crippen LogP contribution in [0.3, 0.4) is 0 Å². The summed E-state index contributed by atoms with van der Waals surface area (Å²) in [4.78, 5) is 6.92. The summed E-state index contributed by atoms with van der Waals surface area (Å²) in [6.07, 6.45) is 1.79. The number of rotatable bonds is 1. The lowest BCUT2D eigenvalue weighted by molar-refractivity contribution is 1.32. The van der Waals surface area contributed by atoms with Crippen molar-refractivity contribution >= 4 is 39.1 Å². The summed E-state index contributed by atoms with van der Waals surface area (Å²) in [5, 5.41) is 7.69. The number of aromatic amines is 1. The van der Waals surface area contributed by atoms with Gasteiger partial charge < -0.3 is 4.98 Å². The molecule has 0 aliphatic carbocycles. The van der Waals surface area contributed by atoms with E-state index in [2.05, 4.69) is 36.1 Å². The molecular formula is C6H3BrN4S. The zero-order valence-corrected chi connectivity index (χ0v) is 8.19. The van der Waals surface area contributed by atoms with Crippen molar-refractivity contribution in [2.75, 3.05) is 0 Å². The predicted octanol–water partition coefficient (Wildman–Crippen LogP) is 2.27. The lowest BCUT2D eigenvalue weighted by Crippen LogP contribution is -1.94. The average Bonchev–Trinajstić information content (AvgIpc) is 2.58. The number of H-pyrrole nitrogens is 1. The van der Waals surface area contributed by atoms with Crippen LogP contribution >= 0.6 is 28.1 Å². The molecule has 1 aliphatic rings. The summed E-state index contributed by atoms with van der Waals surface area (Å²) in [6.45, 7) is 0. The van der Waals surface area contributed by atoms with E-state index in [1.807, 2.05) is 6.07 Å². The van der Waals surface area contributed by atoms with Gasteiger partial charge >= 0.3 is 0 Å². The van der Waals surface area contributed by atoms with Crippen LogP contribution in [-0.4, -0.2) is 15.9 Å². The number of aliphatic imine (C=N–C) groups is 1. The third-order valence-corrected chi connectivity index (χ3v) is 2.19. The lowest BCUT2D eigenvalue weighted by atomic mass is 10.4. The molecule has 0 amide bonds. The van der Waals surface area contributed by atoms with Crippen LogP contribution in [0.1, 0.15) is 5.69 Å². The molecule has 4 nitrogen and oxygen atoms in total. The molecule has 0 spiro atoms. The second-order valence-corrected chi connectivity index (χ2v) is 3.34. The number of hydrogen-bond acceptors (Lipinski definition) is 2. The van der Waals surface area contributed by atoms with Gasteiger partial charge in [0.05, 0.1) is 5.69 Å². The first kappa shape index (κ1) is 7.75. The molecule has 0 radical (unpaired) electrons. The first-order valence-corrected chi connectivity index (χ1v) is 4.35. The Hall–Kier alpha value is -0.880. The first-order valence-electron chi connectivity index (χ1n) is 3.15. The Morgan fingerprint density at radius 1 is 1.42 bits per heavy atom. The van der Waals surface area contributed by atoms with E-state index in [-0.39, 0.29) is 5.11 Å². The second-order valence-electron chi connectivity index (χ2n) is 2.12. The summed E-state index contributed by atoms with van der Waals surface area (Å²) in [7, 11) is 0. The minimum atomic E-state index is 0.270. The van der Waals surface area contributed by atoms with Crippen LogP contribution in [0.15, 0.2) is 32.0 Å². The van der Waals surface area contributed by atoms with Crippen LogP contribution in [0.25, 0.3) is 0 Å². The molecule has 0 bridgehead atoms. The molecule has 60 valence electrons. The van der Waals surface area contributed by atoms with Gasteiger partial charge in [-0.2, -0.15) is 4.99 Å². The van der Waals surface area contributed by atoms with E-state index in [1.54, 1.807) is 6.20 Å². The third kappa shape index (κ3) is 1.23. The van der Waals surface area contributed by atoms with Crippen molar-refractivity contribution in [2.45, 2.75) is 0 Å². The van der Waals surface area contributed by atoms with Crippen molar-refractivity contribution in [1.29, 1.82) is 0 Å². The molecule has 6 heteroatoms. The van der Waals surface area contributed by atoms with Crippen LogP contribution in [0.5, 0.6) is 0 Å².